The molecule has 21 heavy (non-hydrogen) atoms. The molecule has 114 valence electrons. The lowest BCUT2D eigenvalue weighted by molar-refractivity contribution is -0.137. The first-order valence-corrected chi connectivity index (χ1v) is 7.31. The van der Waals surface area contributed by atoms with Crippen molar-refractivity contribution in [1.82, 2.24) is 9.69 Å². The number of nitrogens with one attached hydrogen (secondary N) is 1. The Hall–Kier alpha value is -1.40. The first-order valence-electron chi connectivity index (χ1n) is 6.53. The first-order chi connectivity index (χ1) is 9.65. The Morgan fingerprint density at radius 2 is 1.86 bits per heavy atom. The van der Waals surface area contributed by atoms with Crippen molar-refractivity contribution in [2.45, 2.75) is 39.0 Å². The van der Waals surface area contributed by atoms with Gasteiger partial charge in [0.2, 0.25) is 0 Å². The van der Waals surface area contributed by atoms with Crippen molar-refractivity contribution in [2.24, 2.45) is 0 Å². The van der Waals surface area contributed by atoms with Crippen LogP contribution in [0.5, 0.6) is 0 Å². The maximum Gasteiger partial charge on any atom is 0.416 e. The highest BCUT2D eigenvalue weighted by molar-refractivity contribution is 7.06. The van der Waals surface area contributed by atoms with E-state index in [0.717, 1.165) is 17.0 Å². The minimum absolute atomic E-state index is 0.0135. The van der Waals surface area contributed by atoms with Crippen LogP contribution < -0.4 is 5.32 Å². The Morgan fingerprint density at radius 3 is 2.48 bits per heavy atom. The SMILES string of the molecule is CC(C)(C)NCc1cc(-c2cccc(C(F)(F)F)c2)ns1. The molecule has 0 bridgehead atoms. The van der Waals surface area contributed by atoms with Crippen LogP contribution in [0.15, 0.2) is 30.3 Å². The molecule has 0 amide bonds. The summed E-state index contributed by atoms with van der Waals surface area (Å²) < 4.78 is 42.4. The molecule has 0 unspecified atom stereocenters. The van der Waals surface area contributed by atoms with Gasteiger partial charge in [-0.25, -0.2) is 0 Å². The molecule has 0 radical (unpaired) electrons. The van der Waals surface area contributed by atoms with Crippen LogP contribution in [0.25, 0.3) is 11.3 Å². The minimum Gasteiger partial charge on any atom is -0.307 e. The molecule has 0 atom stereocenters. The Kier molecular flexibility index (Phi) is 4.39. The van der Waals surface area contributed by atoms with Gasteiger partial charge >= 0.3 is 6.18 Å². The normalized spacial score (nSPS) is 12.7. The smallest absolute Gasteiger partial charge is 0.307 e. The summed E-state index contributed by atoms with van der Waals surface area (Å²) in [5.74, 6) is 0. The van der Waals surface area contributed by atoms with Crippen molar-refractivity contribution in [1.29, 1.82) is 0 Å². The molecule has 0 aliphatic heterocycles. The van der Waals surface area contributed by atoms with Gasteiger partial charge in [0.15, 0.2) is 0 Å². The largest absolute Gasteiger partial charge is 0.416 e. The lowest BCUT2D eigenvalue weighted by atomic mass is 10.1. The Bertz CT molecular complexity index is 612. The van der Waals surface area contributed by atoms with Crippen molar-refractivity contribution in [3.05, 3.63) is 40.8 Å². The summed E-state index contributed by atoms with van der Waals surface area (Å²) in [5, 5.41) is 3.33. The highest BCUT2D eigenvalue weighted by atomic mass is 32.1. The average molecular weight is 314 g/mol. The molecule has 1 aromatic heterocycles. The summed E-state index contributed by atoms with van der Waals surface area (Å²) in [6.45, 7) is 6.82. The van der Waals surface area contributed by atoms with Gasteiger partial charge in [-0.15, -0.1) is 0 Å². The van der Waals surface area contributed by atoms with E-state index < -0.39 is 11.7 Å². The second-order valence-electron chi connectivity index (χ2n) is 5.86. The fraction of sp³-hybridized carbons (Fsp3) is 0.400. The predicted octanol–water partition coefficient (Wildman–Crippen LogP) is 4.72. The standard InChI is InChI=1S/C15H17F3N2S/c1-14(2,3)19-9-12-8-13(20-21-12)10-5-4-6-11(7-10)15(16,17)18/h4-8,19H,9H2,1-3H3. The molecule has 0 saturated carbocycles. The zero-order chi connectivity index (χ0) is 15.7. The quantitative estimate of drug-likeness (QED) is 0.887. The molecule has 0 aliphatic rings. The first kappa shape index (κ1) is 16.0. The Morgan fingerprint density at radius 1 is 1.14 bits per heavy atom. The van der Waals surface area contributed by atoms with Gasteiger partial charge in [-0.05, 0) is 50.5 Å². The fourth-order valence-electron chi connectivity index (χ4n) is 1.74. The molecule has 2 nitrogen and oxygen atoms in total. The van der Waals surface area contributed by atoms with Gasteiger partial charge < -0.3 is 5.32 Å². The predicted molar refractivity (Wildman–Crippen MR) is 79.1 cm³/mol. The molecule has 1 aromatic carbocycles. The molecule has 1 N–H and O–H groups in total. The zero-order valence-corrected chi connectivity index (χ0v) is 12.9. The van der Waals surface area contributed by atoms with Gasteiger partial charge in [0.1, 0.15) is 0 Å². The number of benzene rings is 1. The Balaban J connectivity index is 2.18. The summed E-state index contributed by atoms with van der Waals surface area (Å²) >= 11 is 1.30. The van der Waals surface area contributed by atoms with Crippen molar-refractivity contribution >= 4 is 11.5 Å². The third-order valence-electron chi connectivity index (χ3n) is 2.84. The van der Waals surface area contributed by atoms with Gasteiger partial charge in [0.05, 0.1) is 11.3 Å². The summed E-state index contributed by atoms with van der Waals surface area (Å²) in [5.41, 5.74) is 0.405. The monoisotopic (exact) mass is 314 g/mol. The lowest BCUT2D eigenvalue weighted by Gasteiger charge is -2.19. The van der Waals surface area contributed by atoms with Crippen LogP contribution in [-0.2, 0) is 12.7 Å². The van der Waals surface area contributed by atoms with E-state index in [1.807, 2.05) is 6.07 Å². The van der Waals surface area contributed by atoms with Gasteiger partial charge in [0, 0.05) is 22.5 Å². The molecule has 2 aromatic rings. The molecule has 1 heterocycles. The molecule has 0 aliphatic carbocycles. The van der Waals surface area contributed by atoms with Crippen LogP contribution in [0, 0.1) is 0 Å². The van der Waals surface area contributed by atoms with Crippen molar-refractivity contribution in [2.75, 3.05) is 0 Å². The second-order valence-corrected chi connectivity index (χ2v) is 6.75. The lowest BCUT2D eigenvalue weighted by Crippen LogP contribution is -2.34. The molecule has 2 rings (SSSR count). The van der Waals surface area contributed by atoms with Crippen LogP contribution >= 0.6 is 11.5 Å². The maximum atomic E-state index is 12.7. The van der Waals surface area contributed by atoms with Crippen LogP contribution in [-0.4, -0.2) is 9.91 Å². The van der Waals surface area contributed by atoms with Gasteiger partial charge in [-0.2, -0.15) is 17.5 Å². The van der Waals surface area contributed by atoms with E-state index in [2.05, 4.69) is 30.5 Å². The highest BCUT2D eigenvalue weighted by Crippen LogP contribution is 2.32. The number of rotatable bonds is 3. The summed E-state index contributed by atoms with van der Waals surface area (Å²) in [6, 6.07) is 7.09. The molecule has 0 spiro atoms. The van der Waals surface area contributed by atoms with Crippen LogP contribution in [0.1, 0.15) is 31.2 Å². The van der Waals surface area contributed by atoms with Crippen molar-refractivity contribution in [3.8, 4) is 11.3 Å². The third kappa shape index (κ3) is 4.54. The number of hydrogen-bond acceptors (Lipinski definition) is 3. The Labute approximate surface area is 126 Å². The molecular weight excluding hydrogens is 297 g/mol. The third-order valence-corrected chi connectivity index (χ3v) is 3.62. The van der Waals surface area contributed by atoms with E-state index in [1.165, 1.54) is 17.6 Å². The minimum atomic E-state index is -4.33. The molecule has 0 fully saturated rings. The van der Waals surface area contributed by atoms with E-state index >= 15 is 0 Å². The molecule has 0 saturated heterocycles. The summed E-state index contributed by atoms with van der Waals surface area (Å²) in [7, 11) is 0. The number of alkyl halides is 3. The van der Waals surface area contributed by atoms with Crippen LogP contribution in [0.4, 0.5) is 13.2 Å². The number of nitrogens with zero attached hydrogens (tertiary/aromatic N) is 1. The zero-order valence-electron chi connectivity index (χ0n) is 12.1. The van der Waals surface area contributed by atoms with Crippen molar-refractivity contribution < 1.29 is 13.2 Å². The summed E-state index contributed by atoms with van der Waals surface area (Å²) in [6.07, 6.45) is -4.33. The highest BCUT2D eigenvalue weighted by Gasteiger charge is 2.30. The second kappa shape index (κ2) is 5.77. The maximum absolute atomic E-state index is 12.7. The topological polar surface area (TPSA) is 24.9 Å². The van der Waals surface area contributed by atoms with E-state index in [1.54, 1.807) is 6.07 Å². The number of hydrogen-bond donors (Lipinski definition) is 1. The molecular formula is C15H17F3N2S. The van der Waals surface area contributed by atoms with E-state index in [9.17, 15) is 13.2 Å². The summed E-state index contributed by atoms with van der Waals surface area (Å²) in [4.78, 5) is 0.998. The van der Waals surface area contributed by atoms with Crippen LogP contribution in [0.2, 0.25) is 0 Å². The van der Waals surface area contributed by atoms with Gasteiger partial charge in [-0.1, -0.05) is 12.1 Å². The number of halogens is 3. The van der Waals surface area contributed by atoms with Crippen molar-refractivity contribution in [3.63, 3.8) is 0 Å². The average Bonchev–Trinajstić information content (AvgIpc) is 2.83. The van der Waals surface area contributed by atoms with Gasteiger partial charge in [0.25, 0.3) is 0 Å². The van der Waals surface area contributed by atoms with E-state index in [0.29, 0.717) is 17.8 Å². The molecule has 6 heteroatoms. The number of aromatic nitrogens is 1. The van der Waals surface area contributed by atoms with E-state index in [-0.39, 0.29) is 5.54 Å². The van der Waals surface area contributed by atoms with Crippen LogP contribution in [0.3, 0.4) is 0 Å². The fourth-order valence-corrected chi connectivity index (χ4v) is 2.41. The van der Waals surface area contributed by atoms with Gasteiger partial charge in [-0.3, -0.25) is 0 Å². The van der Waals surface area contributed by atoms with E-state index in [4.69, 9.17) is 0 Å².